The lowest BCUT2D eigenvalue weighted by Gasteiger charge is -1.76. The fourth-order valence-electron chi connectivity index (χ4n) is 0. The first kappa shape index (κ1) is 5.88. The molecular formula is C2H3F2OS+. The summed E-state index contributed by atoms with van der Waals surface area (Å²) in [4.78, 5) is 0. The maximum atomic E-state index is 11.1. The van der Waals surface area contributed by atoms with Gasteiger partial charge in [0.05, 0.1) is 6.92 Å². The van der Waals surface area contributed by atoms with Crippen LogP contribution in [0.3, 0.4) is 0 Å². The second-order valence-electron chi connectivity index (χ2n) is 0.891. The smallest absolute Gasteiger partial charge is 0.142 e. The zero-order valence-electron chi connectivity index (χ0n) is 3.07. The van der Waals surface area contributed by atoms with Gasteiger partial charge in [-0.15, -0.1) is 8.78 Å². The van der Waals surface area contributed by atoms with E-state index in [1.54, 1.807) is 0 Å². The van der Waals surface area contributed by atoms with E-state index in [2.05, 4.69) is 0 Å². The van der Waals surface area contributed by atoms with Gasteiger partial charge in [-0.25, -0.2) is 0 Å². The van der Waals surface area contributed by atoms with Crippen LogP contribution in [-0.2, 0) is 15.9 Å². The van der Waals surface area contributed by atoms with Crippen LogP contribution in [0.1, 0.15) is 6.92 Å². The van der Waals surface area contributed by atoms with E-state index in [0.29, 0.717) is 6.92 Å². The molecule has 0 aliphatic carbocycles. The van der Waals surface area contributed by atoms with E-state index in [0.717, 1.165) is 0 Å². The number of hydrogen-bond acceptors (Lipinski definition) is 1. The van der Waals surface area contributed by atoms with Crippen LogP contribution >= 0.6 is 0 Å². The molecule has 0 rings (SSSR count). The van der Waals surface area contributed by atoms with Crippen LogP contribution in [0.15, 0.2) is 0 Å². The Bertz CT molecular complexity index is 57.1. The summed E-state index contributed by atoms with van der Waals surface area (Å²) in [6, 6.07) is 0. The zero-order chi connectivity index (χ0) is 5.21. The SMILES string of the molecule is CC(F)(F)[S+]=O. The molecule has 0 N–H and O–H groups in total. The fourth-order valence-corrected chi connectivity index (χ4v) is 0. The molecule has 0 saturated heterocycles. The van der Waals surface area contributed by atoms with Crippen molar-refractivity contribution in [3.05, 3.63) is 0 Å². The highest BCUT2D eigenvalue weighted by Crippen LogP contribution is 2.07. The molecule has 0 amide bonds. The number of halogens is 2. The molecule has 0 unspecified atom stereocenters. The lowest BCUT2D eigenvalue weighted by molar-refractivity contribution is 0.124. The van der Waals surface area contributed by atoms with E-state index >= 15 is 0 Å². The van der Waals surface area contributed by atoms with Gasteiger partial charge in [0.25, 0.3) is 0 Å². The average Bonchev–Trinajstić information content (AvgIpc) is 1.35. The maximum Gasteiger partial charge on any atom is 0.541 e. The second-order valence-corrected chi connectivity index (χ2v) is 1.77. The zero-order valence-corrected chi connectivity index (χ0v) is 3.89. The number of alkyl halides is 2. The van der Waals surface area contributed by atoms with Gasteiger partial charge in [0.1, 0.15) is 0 Å². The molecule has 0 bridgehead atoms. The van der Waals surface area contributed by atoms with Crippen LogP contribution in [0.4, 0.5) is 8.78 Å². The normalized spacial score (nSPS) is 11.2. The summed E-state index contributed by atoms with van der Waals surface area (Å²) in [5, 5.41) is -3.10. The molecule has 0 aromatic carbocycles. The van der Waals surface area contributed by atoms with E-state index in [1.807, 2.05) is 0 Å². The summed E-state index contributed by atoms with van der Waals surface area (Å²) in [6.45, 7) is 0.560. The molecule has 0 aromatic heterocycles. The van der Waals surface area contributed by atoms with E-state index in [4.69, 9.17) is 4.21 Å². The van der Waals surface area contributed by atoms with Gasteiger partial charge < -0.3 is 0 Å². The predicted molar refractivity (Wildman–Crippen MR) is 18.7 cm³/mol. The highest BCUT2D eigenvalue weighted by atomic mass is 32.1. The Labute approximate surface area is 37.8 Å². The Morgan fingerprint density at radius 2 is 1.83 bits per heavy atom. The van der Waals surface area contributed by atoms with Crippen LogP contribution in [-0.4, -0.2) is 5.25 Å². The third-order valence-electron chi connectivity index (χ3n) is 0.146. The summed E-state index contributed by atoms with van der Waals surface area (Å²) in [7, 11) is 0. The third-order valence-corrected chi connectivity index (χ3v) is 0.439. The molecule has 0 radical (unpaired) electrons. The molecule has 0 aliphatic heterocycles. The van der Waals surface area contributed by atoms with Gasteiger partial charge in [-0.1, -0.05) is 0 Å². The molecule has 0 fully saturated rings. The lowest BCUT2D eigenvalue weighted by Crippen LogP contribution is -2.04. The monoisotopic (exact) mass is 113 g/mol. The Kier molecular flexibility index (Phi) is 1.52. The summed E-state index contributed by atoms with van der Waals surface area (Å²) < 4.78 is 31.3. The molecule has 6 heavy (non-hydrogen) atoms. The van der Waals surface area contributed by atoms with Crippen molar-refractivity contribution in [3.63, 3.8) is 0 Å². The van der Waals surface area contributed by atoms with Gasteiger partial charge in [0, 0.05) is 4.21 Å². The standard InChI is InChI=1S/C2H3F2OS/c1-2(3,4)6-5/h1H3/q+1. The molecule has 0 aromatic rings. The lowest BCUT2D eigenvalue weighted by atomic mass is 10.9. The topological polar surface area (TPSA) is 17.1 Å². The van der Waals surface area contributed by atoms with Crippen LogP contribution in [0.2, 0.25) is 0 Å². The van der Waals surface area contributed by atoms with E-state index in [-0.39, 0.29) is 0 Å². The molecule has 0 saturated carbocycles. The first-order chi connectivity index (χ1) is 2.56. The Morgan fingerprint density at radius 3 is 1.83 bits per heavy atom. The van der Waals surface area contributed by atoms with Crippen molar-refractivity contribution >= 4 is 11.7 Å². The van der Waals surface area contributed by atoms with Crippen LogP contribution in [0.25, 0.3) is 0 Å². The summed E-state index contributed by atoms with van der Waals surface area (Å²) in [5.74, 6) is 0. The highest BCUT2D eigenvalue weighted by Gasteiger charge is 2.37. The quantitative estimate of drug-likeness (QED) is 0.464. The van der Waals surface area contributed by atoms with Crippen LogP contribution in [0, 0.1) is 0 Å². The highest BCUT2D eigenvalue weighted by molar-refractivity contribution is 7.66. The summed E-state index contributed by atoms with van der Waals surface area (Å²) >= 11 is -0.701. The molecule has 0 atom stereocenters. The largest absolute Gasteiger partial charge is 0.541 e. The molecular weight excluding hydrogens is 110 g/mol. The minimum absolute atomic E-state index is 0.560. The van der Waals surface area contributed by atoms with Gasteiger partial charge in [0.2, 0.25) is 0 Å². The van der Waals surface area contributed by atoms with Crippen LogP contribution < -0.4 is 0 Å². The first-order valence-electron chi connectivity index (χ1n) is 1.25. The molecule has 0 spiro atoms. The number of rotatable bonds is 1. The van der Waals surface area contributed by atoms with E-state index in [1.165, 1.54) is 0 Å². The van der Waals surface area contributed by atoms with E-state index < -0.39 is 16.9 Å². The van der Waals surface area contributed by atoms with Gasteiger partial charge in [-0.05, 0) is 0 Å². The van der Waals surface area contributed by atoms with Gasteiger partial charge in [0.15, 0.2) is 0 Å². The molecule has 36 valence electrons. The van der Waals surface area contributed by atoms with Crippen molar-refractivity contribution in [3.8, 4) is 0 Å². The van der Waals surface area contributed by atoms with Crippen molar-refractivity contribution in [2.75, 3.05) is 0 Å². The molecule has 0 heterocycles. The summed E-state index contributed by atoms with van der Waals surface area (Å²) in [5.41, 5.74) is 0. The minimum Gasteiger partial charge on any atom is -0.142 e. The fraction of sp³-hybridized carbons (Fsp3) is 1.00. The Balaban J connectivity index is 3.45. The molecule has 4 heteroatoms. The molecule has 0 aliphatic rings. The third kappa shape index (κ3) is 3.88. The number of hydrogen-bond donors (Lipinski definition) is 0. The van der Waals surface area contributed by atoms with Crippen molar-refractivity contribution in [1.82, 2.24) is 0 Å². The van der Waals surface area contributed by atoms with Crippen molar-refractivity contribution in [2.24, 2.45) is 0 Å². The first-order valence-corrected chi connectivity index (χ1v) is 1.99. The van der Waals surface area contributed by atoms with E-state index in [9.17, 15) is 8.78 Å². The average molecular weight is 113 g/mol. The van der Waals surface area contributed by atoms with Crippen LogP contribution in [0.5, 0.6) is 0 Å². The minimum atomic E-state index is -3.10. The molecule has 1 nitrogen and oxygen atoms in total. The Morgan fingerprint density at radius 1 is 1.67 bits per heavy atom. The van der Waals surface area contributed by atoms with Gasteiger partial charge in [-0.3, -0.25) is 0 Å². The van der Waals surface area contributed by atoms with Gasteiger partial charge in [-0.2, -0.15) is 0 Å². The van der Waals surface area contributed by atoms with Crippen molar-refractivity contribution in [2.45, 2.75) is 12.2 Å². The van der Waals surface area contributed by atoms with Crippen molar-refractivity contribution < 1.29 is 13.0 Å². The Hall–Kier alpha value is -0.120. The van der Waals surface area contributed by atoms with Crippen molar-refractivity contribution in [1.29, 1.82) is 0 Å². The second kappa shape index (κ2) is 1.55. The maximum absolute atomic E-state index is 11.1. The van der Waals surface area contributed by atoms with Gasteiger partial charge >= 0.3 is 16.9 Å². The summed E-state index contributed by atoms with van der Waals surface area (Å²) in [6.07, 6.45) is 0. The predicted octanol–water partition coefficient (Wildman–Crippen LogP) is 1.03.